The van der Waals surface area contributed by atoms with Gasteiger partial charge in [-0.05, 0) is 48.7 Å². The number of aromatic nitrogens is 1. The van der Waals surface area contributed by atoms with Gasteiger partial charge in [0.1, 0.15) is 11.5 Å². The minimum absolute atomic E-state index is 0.0375. The molecule has 0 aliphatic heterocycles. The maximum atomic E-state index is 11.3. The first kappa shape index (κ1) is 18.6. The number of hydrogen-bond acceptors (Lipinski definition) is 5. The smallest absolute Gasteiger partial charge is 0.153 e. The zero-order valence-corrected chi connectivity index (χ0v) is 15.1. The van der Waals surface area contributed by atoms with E-state index in [-0.39, 0.29) is 23.1 Å². The number of aldehydes is 1. The molecular formula is C22H22N2O3. The van der Waals surface area contributed by atoms with Gasteiger partial charge in [-0.1, -0.05) is 30.3 Å². The average Bonchev–Trinajstić information content (AvgIpc) is 2.69. The van der Waals surface area contributed by atoms with E-state index >= 15 is 0 Å². The molecule has 1 unspecified atom stereocenters. The van der Waals surface area contributed by atoms with Crippen LogP contribution >= 0.6 is 0 Å². The Kier molecular flexibility index (Phi) is 5.84. The normalized spacial score (nSPS) is 11.9. The Bertz CT molecular complexity index is 926. The number of benzene rings is 2. The maximum absolute atomic E-state index is 11.3. The average molecular weight is 362 g/mol. The number of hydrogen-bond donors (Lipinski definition) is 3. The number of rotatable bonds is 7. The SMILES string of the molecule is Cc1cc(C=O)c(O)c(C(Cc2ccccc2O)NCc2ccccn2)c1. The molecule has 1 aromatic heterocycles. The quantitative estimate of drug-likeness (QED) is 0.559. The molecule has 0 aliphatic carbocycles. The Hall–Kier alpha value is -3.18. The molecule has 0 radical (unpaired) electrons. The summed E-state index contributed by atoms with van der Waals surface area (Å²) in [5, 5.41) is 24.1. The first-order valence-electron chi connectivity index (χ1n) is 8.77. The van der Waals surface area contributed by atoms with Crippen molar-refractivity contribution in [3.63, 3.8) is 0 Å². The fraction of sp³-hybridized carbons (Fsp3) is 0.182. The lowest BCUT2D eigenvalue weighted by atomic mass is 9.94. The summed E-state index contributed by atoms with van der Waals surface area (Å²) in [5.74, 6) is 0.162. The molecule has 2 aromatic carbocycles. The van der Waals surface area contributed by atoms with E-state index < -0.39 is 0 Å². The number of nitrogens with zero attached hydrogens (tertiary/aromatic N) is 1. The number of aryl methyl sites for hydroxylation is 1. The van der Waals surface area contributed by atoms with Crippen LogP contribution in [0.2, 0.25) is 0 Å². The van der Waals surface area contributed by atoms with Crippen LogP contribution in [0.25, 0.3) is 0 Å². The van der Waals surface area contributed by atoms with Gasteiger partial charge in [0.05, 0.1) is 11.3 Å². The van der Waals surface area contributed by atoms with Crippen LogP contribution in [0.3, 0.4) is 0 Å². The van der Waals surface area contributed by atoms with E-state index in [2.05, 4.69) is 10.3 Å². The van der Waals surface area contributed by atoms with E-state index in [4.69, 9.17) is 0 Å². The Labute approximate surface area is 158 Å². The summed E-state index contributed by atoms with van der Waals surface area (Å²) in [6.45, 7) is 2.37. The van der Waals surface area contributed by atoms with Gasteiger partial charge < -0.3 is 15.5 Å². The monoisotopic (exact) mass is 362 g/mol. The van der Waals surface area contributed by atoms with Crippen molar-refractivity contribution in [2.24, 2.45) is 0 Å². The van der Waals surface area contributed by atoms with E-state index in [1.165, 1.54) is 0 Å². The van der Waals surface area contributed by atoms with Crippen LogP contribution in [0.15, 0.2) is 60.8 Å². The third-order valence-corrected chi connectivity index (χ3v) is 4.49. The fourth-order valence-corrected chi connectivity index (χ4v) is 3.12. The molecule has 0 fully saturated rings. The van der Waals surface area contributed by atoms with Crippen molar-refractivity contribution in [1.82, 2.24) is 10.3 Å². The summed E-state index contributed by atoms with van der Waals surface area (Å²) in [6, 6.07) is 16.0. The number of nitrogens with one attached hydrogen (secondary N) is 1. The Morgan fingerprint density at radius 1 is 1.11 bits per heavy atom. The molecule has 3 rings (SSSR count). The molecule has 27 heavy (non-hydrogen) atoms. The molecular weight excluding hydrogens is 340 g/mol. The van der Waals surface area contributed by atoms with Crippen LogP contribution in [-0.4, -0.2) is 21.5 Å². The third kappa shape index (κ3) is 4.51. The number of para-hydroxylation sites is 1. The predicted molar refractivity (Wildman–Crippen MR) is 104 cm³/mol. The molecule has 0 amide bonds. The highest BCUT2D eigenvalue weighted by molar-refractivity contribution is 5.80. The molecule has 5 heteroatoms. The molecule has 138 valence electrons. The number of aromatic hydroxyl groups is 2. The molecule has 0 aliphatic rings. The van der Waals surface area contributed by atoms with E-state index in [0.717, 1.165) is 16.8 Å². The summed E-state index contributed by atoms with van der Waals surface area (Å²) in [4.78, 5) is 15.6. The lowest BCUT2D eigenvalue weighted by Gasteiger charge is -2.22. The molecule has 1 heterocycles. The molecule has 0 saturated carbocycles. The van der Waals surface area contributed by atoms with Gasteiger partial charge in [0, 0.05) is 24.3 Å². The van der Waals surface area contributed by atoms with Gasteiger partial charge in [-0.3, -0.25) is 9.78 Å². The standard InChI is InChI=1S/C22H22N2O3/c1-15-10-17(14-25)22(27)19(11-15)20(12-16-6-2-3-8-21(16)26)24-13-18-7-4-5-9-23-18/h2-11,14,20,24,26-27H,12-13H2,1H3. The van der Waals surface area contributed by atoms with Gasteiger partial charge in [-0.2, -0.15) is 0 Å². The highest BCUT2D eigenvalue weighted by Gasteiger charge is 2.20. The summed E-state index contributed by atoms with van der Waals surface area (Å²) in [6.07, 6.45) is 2.83. The van der Waals surface area contributed by atoms with E-state index in [1.807, 2.05) is 43.3 Å². The molecule has 5 nitrogen and oxygen atoms in total. The van der Waals surface area contributed by atoms with Crippen LogP contribution in [0, 0.1) is 6.92 Å². The first-order valence-corrected chi connectivity index (χ1v) is 8.77. The van der Waals surface area contributed by atoms with Gasteiger partial charge in [0.25, 0.3) is 0 Å². The predicted octanol–water partition coefficient (Wildman–Crippen LogP) is 3.69. The zero-order valence-electron chi connectivity index (χ0n) is 15.1. The number of phenolic OH excluding ortho intramolecular Hbond substituents is 2. The first-order chi connectivity index (χ1) is 13.1. The number of phenols is 2. The van der Waals surface area contributed by atoms with Gasteiger partial charge in [-0.25, -0.2) is 0 Å². The molecule has 3 aromatic rings. The molecule has 1 atom stereocenters. The van der Waals surface area contributed by atoms with Crippen molar-refractivity contribution in [2.45, 2.75) is 25.9 Å². The van der Waals surface area contributed by atoms with Gasteiger partial charge in [0.2, 0.25) is 0 Å². The van der Waals surface area contributed by atoms with Crippen molar-refractivity contribution in [2.75, 3.05) is 0 Å². The fourth-order valence-electron chi connectivity index (χ4n) is 3.12. The van der Waals surface area contributed by atoms with Gasteiger partial charge in [-0.15, -0.1) is 0 Å². The van der Waals surface area contributed by atoms with Crippen LogP contribution in [0.4, 0.5) is 0 Å². The highest BCUT2D eigenvalue weighted by Crippen LogP contribution is 2.32. The topological polar surface area (TPSA) is 82.5 Å². The second-order valence-electron chi connectivity index (χ2n) is 6.50. The molecule has 3 N–H and O–H groups in total. The van der Waals surface area contributed by atoms with Crippen LogP contribution in [0.1, 0.15) is 38.8 Å². The number of pyridine rings is 1. The van der Waals surface area contributed by atoms with Crippen LogP contribution < -0.4 is 5.32 Å². The highest BCUT2D eigenvalue weighted by atomic mass is 16.3. The minimum Gasteiger partial charge on any atom is -0.508 e. The van der Waals surface area contributed by atoms with Gasteiger partial charge in [0.15, 0.2) is 6.29 Å². The minimum atomic E-state index is -0.307. The number of carbonyl (C=O) groups excluding carboxylic acids is 1. The lowest BCUT2D eigenvalue weighted by molar-refractivity contribution is 0.112. The second-order valence-corrected chi connectivity index (χ2v) is 6.50. The third-order valence-electron chi connectivity index (χ3n) is 4.49. The van der Waals surface area contributed by atoms with E-state index in [1.54, 1.807) is 24.4 Å². The summed E-state index contributed by atoms with van der Waals surface area (Å²) < 4.78 is 0. The summed E-state index contributed by atoms with van der Waals surface area (Å²) >= 11 is 0. The van der Waals surface area contributed by atoms with Crippen LogP contribution in [-0.2, 0) is 13.0 Å². The largest absolute Gasteiger partial charge is 0.508 e. The van der Waals surface area contributed by atoms with Gasteiger partial charge >= 0.3 is 0 Å². The summed E-state index contributed by atoms with van der Waals surface area (Å²) in [5.41, 5.74) is 3.38. The van der Waals surface area contributed by atoms with Crippen LogP contribution in [0.5, 0.6) is 11.5 Å². The lowest BCUT2D eigenvalue weighted by Crippen LogP contribution is -2.24. The van der Waals surface area contributed by atoms with E-state index in [9.17, 15) is 15.0 Å². The molecule has 0 spiro atoms. The molecule has 0 bridgehead atoms. The summed E-state index contributed by atoms with van der Waals surface area (Å²) in [7, 11) is 0. The van der Waals surface area contributed by atoms with Crippen molar-refractivity contribution < 1.29 is 15.0 Å². The molecule has 0 saturated heterocycles. The Morgan fingerprint density at radius 2 is 1.89 bits per heavy atom. The Morgan fingerprint density at radius 3 is 2.59 bits per heavy atom. The van der Waals surface area contributed by atoms with E-state index in [0.29, 0.717) is 24.8 Å². The number of carbonyl (C=O) groups is 1. The van der Waals surface area contributed by atoms with Crippen molar-refractivity contribution in [3.05, 3.63) is 88.7 Å². The maximum Gasteiger partial charge on any atom is 0.153 e. The second kappa shape index (κ2) is 8.47. The van der Waals surface area contributed by atoms with Crippen molar-refractivity contribution >= 4 is 6.29 Å². The van der Waals surface area contributed by atoms with Crippen molar-refractivity contribution in [1.29, 1.82) is 0 Å². The zero-order chi connectivity index (χ0) is 19.2. The van der Waals surface area contributed by atoms with Crippen molar-refractivity contribution in [3.8, 4) is 11.5 Å². The Balaban J connectivity index is 1.95.